The van der Waals surface area contributed by atoms with E-state index in [1.54, 1.807) is 77.0 Å². The van der Waals surface area contributed by atoms with Crippen molar-refractivity contribution in [3.8, 4) is 0 Å². The average molecular weight is 415 g/mol. The molecule has 0 atom stereocenters. The quantitative estimate of drug-likeness (QED) is 0.431. The molecule has 0 unspecified atom stereocenters. The van der Waals surface area contributed by atoms with E-state index in [1.165, 1.54) is 50.4 Å². The first-order valence-corrected chi connectivity index (χ1v) is 14.6. The lowest BCUT2D eigenvalue weighted by atomic mass is 9.65. The Morgan fingerprint density at radius 2 is 0.567 bits per heavy atom. The third-order valence-corrected chi connectivity index (χ3v) is 10.2. The lowest BCUT2D eigenvalue weighted by Gasteiger charge is -2.40. The molecule has 6 saturated carbocycles. The fourth-order valence-corrected chi connectivity index (χ4v) is 7.83. The van der Waals surface area contributed by atoms with Gasteiger partial charge in [-0.3, -0.25) is 0 Å². The van der Waals surface area contributed by atoms with E-state index in [9.17, 15) is 0 Å². The molecule has 0 heterocycles. The topological polar surface area (TPSA) is 0 Å². The van der Waals surface area contributed by atoms with Crippen LogP contribution < -0.4 is 0 Å². The Balaban J connectivity index is 0.000000110. The molecule has 0 nitrogen and oxygen atoms in total. The fourth-order valence-electron chi connectivity index (χ4n) is 7.83. The third kappa shape index (κ3) is 6.75. The summed E-state index contributed by atoms with van der Waals surface area (Å²) in [5.74, 6) is 10.1. The number of hydrogen-bond donors (Lipinski definition) is 0. The van der Waals surface area contributed by atoms with E-state index in [2.05, 4.69) is 20.8 Å². The molecule has 6 fully saturated rings. The largest absolute Gasteiger partial charge is 0.0625 e. The first kappa shape index (κ1) is 23.2. The van der Waals surface area contributed by atoms with E-state index >= 15 is 0 Å². The standard InChI is InChI=1S/2C11H20.C8H14/c2*1-9-7-11(8-9)10-5-3-2-4-6-10;1-6-4-8(5-6)7-2-3-7/h2*9-11H,2-8H2,1H3;6-8H,2-5H2,1H3. The molecular weight excluding hydrogens is 360 g/mol. The van der Waals surface area contributed by atoms with Crippen LogP contribution >= 0.6 is 0 Å². The van der Waals surface area contributed by atoms with Crippen LogP contribution in [0.4, 0.5) is 0 Å². The number of hydrogen-bond acceptors (Lipinski definition) is 0. The van der Waals surface area contributed by atoms with E-state index in [0.29, 0.717) is 0 Å². The normalized spacial score (nSPS) is 41.7. The van der Waals surface area contributed by atoms with Crippen molar-refractivity contribution in [2.45, 2.75) is 136 Å². The Morgan fingerprint density at radius 3 is 0.800 bits per heavy atom. The molecule has 30 heavy (non-hydrogen) atoms. The Bertz CT molecular complexity index is 428. The van der Waals surface area contributed by atoms with Gasteiger partial charge in [-0.15, -0.1) is 0 Å². The summed E-state index contributed by atoms with van der Waals surface area (Å²) in [5.41, 5.74) is 0. The summed E-state index contributed by atoms with van der Waals surface area (Å²) in [6, 6.07) is 0. The second-order valence-electron chi connectivity index (χ2n) is 13.1. The van der Waals surface area contributed by atoms with Crippen molar-refractivity contribution in [1.29, 1.82) is 0 Å². The van der Waals surface area contributed by atoms with Gasteiger partial charge in [0.15, 0.2) is 0 Å². The highest BCUT2D eigenvalue weighted by Crippen LogP contribution is 2.49. The van der Waals surface area contributed by atoms with Gasteiger partial charge in [0.1, 0.15) is 0 Å². The summed E-state index contributed by atoms with van der Waals surface area (Å²) < 4.78 is 0. The molecule has 0 N–H and O–H groups in total. The van der Waals surface area contributed by atoms with Crippen molar-refractivity contribution in [2.75, 3.05) is 0 Å². The van der Waals surface area contributed by atoms with Crippen molar-refractivity contribution >= 4 is 0 Å². The van der Waals surface area contributed by atoms with Crippen LogP contribution in [-0.2, 0) is 0 Å². The molecule has 0 radical (unpaired) electrons. The van der Waals surface area contributed by atoms with Crippen molar-refractivity contribution in [1.82, 2.24) is 0 Å². The van der Waals surface area contributed by atoms with Gasteiger partial charge in [-0.25, -0.2) is 0 Å². The molecule has 0 heteroatoms. The maximum Gasteiger partial charge on any atom is -0.0381 e. The smallest absolute Gasteiger partial charge is 0.0381 e. The summed E-state index contributed by atoms with van der Waals surface area (Å²) >= 11 is 0. The summed E-state index contributed by atoms with van der Waals surface area (Å²) in [6.45, 7) is 7.18. The fraction of sp³-hybridized carbons (Fsp3) is 1.00. The molecule has 6 aliphatic carbocycles. The molecule has 0 aromatic carbocycles. The molecule has 6 rings (SSSR count). The minimum atomic E-state index is 1.06. The highest BCUT2D eigenvalue weighted by molar-refractivity contribution is 4.89. The van der Waals surface area contributed by atoms with Gasteiger partial charge < -0.3 is 0 Å². The van der Waals surface area contributed by atoms with Crippen LogP contribution in [0.25, 0.3) is 0 Å². The van der Waals surface area contributed by atoms with Gasteiger partial charge in [0.05, 0.1) is 0 Å². The van der Waals surface area contributed by atoms with E-state index in [0.717, 1.165) is 41.4 Å². The van der Waals surface area contributed by atoms with Gasteiger partial charge in [-0.2, -0.15) is 0 Å². The van der Waals surface area contributed by atoms with Crippen molar-refractivity contribution in [3.05, 3.63) is 0 Å². The summed E-state index contributed by atoms with van der Waals surface area (Å²) in [6.07, 6.45) is 27.7. The molecule has 0 saturated heterocycles. The first-order chi connectivity index (χ1) is 14.6. The second-order valence-corrected chi connectivity index (χ2v) is 13.1. The molecular formula is C30H54. The SMILES string of the molecule is CC1CC(C2CC2)C1.CC1CC(C2CCCCC2)C1.CC1CC(C2CCCCC2)C1. The maximum atomic E-state index is 2.40. The molecule has 0 bridgehead atoms. The summed E-state index contributed by atoms with van der Waals surface area (Å²) in [5, 5.41) is 0. The number of rotatable bonds is 3. The molecule has 0 aliphatic heterocycles. The predicted octanol–water partition coefficient (Wildman–Crippen LogP) is 9.67. The zero-order valence-electron chi connectivity index (χ0n) is 20.9. The van der Waals surface area contributed by atoms with Crippen LogP contribution in [0.5, 0.6) is 0 Å². The average Bonchev–Trinajstić information content (AvgIpc) is 3.54. The van der Waals surface area contributed by atoms with Gasteiger partial charge in [-0.05, 0) is 105 Å². The van der Waals surface area contributed by atoms with Crippen LogP contribution in [0.15, 0.2) is 0 Å². The maximum absolute atomic E-state index is 2.40. The third-order valence-electron chi connectivity index (χ3n) is 10.2. The molecule has 174 valence electrons. The Labute approximate surface area is 189 Å². The Morgan fingerprint density at radius 1 is 0.300 bits per heavy atom. The van der Waals surface area contributed by atoms with Crippen molar-refractivity contribution in [2.24, 2.45) is 53.3 Å². The van der Waals surface area contributed by atoms with E-state index in [1.807, 2.05) is 0 Å². The van der Waals surface area contributed by atoms with E-state index in [-0.39, 0.29) is 0 Å². The Hall–Kier alpha value is 0. The van der Waals surface area contributed by atoms with Crippen LogP contribution in [0.3, 0.4) is 0 Å². The zero-order valence-corrected chi connectivity index (χ0v) is 20.9. The van der Waals surface area contributed by atoms with Crippen LogP contribution in [0.2, 0.25) is 0 Å². The van der Waals surface area contributed by atoms with Gasteiger partial charge in [0, 0.05) is 0 Å². The molecule has 0 spiro atoms. The van der Waals surface area contributed by atoms with Crippen molar-refractivity contribution in [3.63, 3.8) is 0 Å². The van der Waals surface area contributed by atoms with Crippen molar-refractivity contribution < 1.29 is 0 Å². The zero-order chi connectivity index (χ0) is 20.9. The lowest BCUT2D eigenvalue weighted by Crippen LogP contribution is -2.29. The lowest BCUT2D eigenvalue weighted by molar-refractivity contribution is 0.108. The predicted molar refractivity (Wildman–Crippen MR) is 132 cm³/mol. The summed E-state index contributed by atoms with van der Waals surface area (Å²) in [7, 11) is 0. The van der Waals surface area contributed by atoms with Gasteiger partial charge >= 0.3 is 0 Å². The Kier molecular flexibility index (Phi) is 8.67. The van der Waals surface area contributed by atoms with Gasteiger partial charge in [0.25, 0.3) is 0 Å². The second kappa shape index (κ2) is 11.2. The van der Waals surface area contributed by atoms with E-state index in [4.69, 9.17) is 0 Å². The summed E-state index contributed by atoms with van der Waals surface area (Å²) in [4.78, 5) is 0. The van der Waals surface area contributed by atoms with Crippen LogP contribution in [0, 0.1) is 53.3 Å². The molecule has 0 amide bonds. The highest BCUT2D eigenvalue weighted by Gasteiger charge is 2.38. The van der Waals surface area contributed by atoms with E-state index < -0.39 is 0 Å². The molecule has 6 aliphatic rings. The first-order valence-electron chi connectivity index (χ1n) is 14.6. The monoisotopic (exact) mass is 414 g/mol. The highest BCUT2D eigenvalue weighted by atomic mass is 14.4. The van der Waals surface area contributed by atoms with Gasteiger partial charge in [-0.1, -0.05) is 85.0 Å². The molecule has 0 aromatic rings. The minimum absolute atomic E-state index is 1.06. The van der Waals surface area contributed by atoms with Crippen LogP contribution in [-0.4, -0.2) is 0 Å². The molecule has 0 aromatic heterocycles. The van der Waals surface area contributed by atoms with Gasteiger partial charge in [0.2, 0.25) is 0 Å². The van der Waals surface area contributed by atoms with Crippen LogP contribution in [0.1, 0.15) is 136 Å². The minimum Gasteiger partial charge on any atom is -0.0625 e.